The maximum atomic E-state index is 8.65. The zero-order chi connectivity index (χ0) is 12.1. The lowest BCUT2D eigenvalue weighted by atomic mass is 10.1. The third kappa shape index (κ3) is 2.68. The lowest BCUT2D eigenvalue weighted by molar-refractivity contribution is 0.0875. The van der Waals surface area contributed by atoms with Crippen LogP contribution in [0.1, 0.15) is 12.5 Å². The average molecular weight is 233 g/mol. The van der Waals surface area contributed by atoms with E-state index in [4.69, 9.17) is 9.84 Å². The summed E-state index contributed by atoms with van der Waals surface area (Å²) in [6.07, 6.45) is 3.14. The van der Waals surface area contributed by atoms with Gasteiger partial charge in [-0.3, -0.25) is 0 Å². The van der Waals surface area contributed by atoms with Gasteiger partial charge in [-0.25, -0.2) is 0 Å². The van der Waals surface area contributed by atoms with E-state index in [0.29, 0.717) is 13.2 Å². The van der Waals surface area contributed by atoms with E-state index < -0.39 is 0 Å². The van der Waals surface area contributed by atoms with Crippen molar-refractivity contribution in [2.24, 2.45) is 0 Å². The van der Waals surface area contributed by atoms with Crippen LogP contribution in [0, 0.1) is 0 Å². The molecule has 0 saturated carbocycles. The Morgan fingerprint density at radius 3 is 2.88 bits per heavy atom. The molecule has 17 heavy (non-hydrogen) atoms. The molecule has 1 heterocycles. The standard InChI is InChI=1S/C14H19NO2/c1-2-12-4-3-5-13-6-7-15(14(12)13)8-10-17-11-9-16/h3-7,16H,2,8-11H2,1H3. The maximum absolute atomic E-state index is 8.65. The Labute approximate surface area is 102 Å². The highest BCUT2D eigenvalue weighted by atomic mass is 16.5. The Bertz CT molecular complexity index is 476. The van der Waals surface area contributed by atoms with E-state index in [0.717, 1.165) is 13.0 Å². The second kappa shape index (κ2) is 5.84. The number of aliphatic hydroxyl groups excluding tert-OH is 1. The molecule has 2 aromatic rings. The maximum Gasteiger partial charge on any atom is 0.0698 e. The first kappa shape index (κ1) is 12.1. The summed E-state index contributed by atoms with van der Waals surface area (Å²) in [4.78, 5) is 0. The highest BCUT2D eigenvalue weighted by Crippen LogP contribution is 2.20. The number of para-hydroxylation sites is 1. The minimum Gasteiger partial charge on any atom is -0.394 e. The number of aryl methyl sites for hydroxylation is 1. The van der Waals surface area contributed by atoms with Gasteiger partial charge in [0, 0.05) is 12.7 Å². The van der Waals surface area contributed by atoms with E-state index in [9.17, 15) is 0 Å². The first-order valence-electron chi connectivity index (χ1n) is 6.12. The number of aliphatic hydroxyl groups is 1. The Morgan fingerprint density at radius 1 is 1.24 bits per heavy atom. The molecule has 0 bridgehead atoms. The smallest absolute Gasteiger partial charge is 0.0698 e. The van der Waals surface area contributed by atoms with Gasteiger partial charge in [0.25, 0.3) is 0 Å². The topological polar surface area (TPSA) is 34.4 Å². The van der Waals surface area contributed by atoms with Gasteiger partial charge in [-0.2, -0.15) is 0 Å². The quantitative estimate of drug-likeness (QED) is 0.776. The number of nitrogens with zero attached hydrogens (tertiary/aromatic N) is 1. The fourth-order valence-corrected chi connectivity index (χ4v) is 2.14. The van der Waals surface area contributed by atoms with Crippen molar-refractivity contribution in [3.05, 3.63) is 36.0 Å². The van der Waals surface area contributed by atoms with Crippen molar-refractivity contribution in [2.75, 3.05) is 19.8 Å². The van der Waals surface area contributed by atoms with Crippen LogP contribution in [0.5, 0.6) is 0 Å². The van der Waals surface area contributed by atoms with Crippen LogP contribution >= 0.6 is 0 Å². The third-order valence-corrected chi connectivity index (χ3v) is 2.97. The fraction of sp³-hybridized carbons (Fsp3) is 0.429. The normalized spacial score (nSPS) is 11.2. The molecule has 92 valence electrons. The zero-order valence-corrected chi connectivity index (χ0v) is 10.2. The molecule has 0 radical (unpaired) electrons. The molecule has 1 aromatic carbocycles. The highest BCUT2D eigenvalue weighted by molar-refractivity contribution is 5.83. The second-order valence-electron chi connectivity index (χ2n) is 4.05. The van der Waals surface area contributed by atoms with E-state index >= 15 is 0 Å². The number of rotatable bonds is 6. The molecule has 0 unspecified atom stereocenters. The summed E-state index contributed by atoms with van der Waals surface area (Å²) in [5.41, 5.74) is 2.68. The molecule has 0 aliphatic heterocycles. The number of benzene rings is 1. The Morgan fingerprint density at radius 2 is 2.12 bits per heavy atom. The minimum absolute atomic E-state index is 0.0899. The summed E-state index contributed by atoms with van der Waals surface area (Å²) in [5.74, 6) is 0. The van der Waals surface area contributed by atoms with Crippen LogP contribution in [0.15, 0.2) is 30.5 Å². The first-order valence-corrected chi connectivity index (χ1v) is 6.12. The van der Waals surface area contributed by atoms with Crippen molar-refractivity contribution in [1.29, 1.82) is 0 Å². The van der Waals surface area contributed by atoms with Crippen LogP contribution in [0.25, 0.3) is 10.9 Å². The van der Waals surface area contributed by atoms with Crippen LogP contribution in [0.4, 0.5) is 0 Å². The van der Waals surface area contributed by atoms with Gasteiger partial charge in [-0.05, 0) is 23.4 Å². The highest BCUT2D eigenvalue weighted by Gasteiger charge is 2.04. The summed E-state index contributed by atoms with van der Waals surface area (Å²) in [5, 5.41) is 9.93. The summed E-state index contributed by atoms with van der Waals surface area (Å²) in [6, 6.07) is 8.56. The van der Waals surface area contributed by atoms with E-state index in [1.165, 1.54) is 16.5 Å². The van der Waals surface area contributed by atoms with Gasteiger partial charge in [0.1, 0.15) is 0 Å². The van der Waals surface area contributed by atoms with Crippen LogP contribution < -0.4 is 0 Å². The number of hydrogen-bond acceptors (Lipinski definition) is 2. The fourth-order valence-electron chi connectivity index (χ4n) is 2.14. The molecule has 0 atom stereocenters. The van der Waals surface area contributed by atoms with Crippen molar-refractivity contribution in [3.63, 3.8) is 0 Å². The molecule has 3 nitrogen and oxygen atoms in total. The Kier molecular flexibility index (Phi) is 4.18. The predicted octanol–water partition coefficient (Wildman–Crippen LogP) is 2.21. The van der Waals surface area contributed by atoms with E-state index in [-0.39, 0.29) is 6.61 Å². The van der Waals surface area contributed by atoms with Gasteiger partial charge < -0.3 is 14.4 Å². The van der Waals surface area contributed by atoms with Gasteiger partial charge >= 0.3 is 0 Å². The molecule has 0 aliphatic rings. The molecular formula is C14H19NO2. The number of hydrogen-bond donors (Lipinski definition) is 1. The predicted molar refractivity (Wildman–Crippen MR) is 69.2 cm³/mol. The number of aromatic nitrogens is 1. The van der Waals surface area contributed by atoms with E-state index in [2.05, 4.69) is 42.0 Å². The van der Waals surface area contributed by atoms with E-state index in [1.54, 1.807) is 0 Å². The van der Waals surface area contributed by atoms with Crippen molar-refractivity contribution in [2.45, 2.75) is 19.9 Å². The molecule has 3 heteroatoms. The van der Waals surface area contributed by atoms with E-state index in [1.807, 2.05) is 0 Å². The summed E-state index contributed by atoms with van der Waals surface area (Å²) in [7, 11) is 0. The van der Waals surface area contributed by atoms with Crippen molar-refractivity contribution >= 4 is 10.9 Å². The number of ether oxygens (including phenoxy) is 1. The van der Waals surface area contributed by atoms with Gasteiger partial charge in [-0.1, -0.05) is 25.1 Å². The van der Waals surface area contributed by atoms with Crippen molar-refractivity contribution in [3.8, 4) is 0 Å². The van der Waals surface area contributed by atoms with Gasteiger partial charge in [-0.15, -0.1) is 0 Å². The lowest BCUT2D eigenvalue weighted by Gasteiger charge is -2.09. The Hall–Kier alpha value is -1.32. The molecule has 1 N–H and O–H groups in total. The molecule has 0 spiro atoms. The molecular weight excluding hydrogens is 214 g/mol. The van der Waals surface area contributed by atoms with Crippen LogP contribution in [-0.2, 0) is 17.7 Å². The second-order valence-corrected chi connectivity index (χ2v) is 4.05. The van der Waals surface area contributed by atoms with Crippen molar-refractivity contribution in [1.82, 2.24) is 4.57 Å². The van der Waals surface area contributed by atoms with Crippen LogP contribution in [-0.4, -0.2) is 29.5 Å². The average Bonchev–Trinajstić information content (AvgIpc) is 2.78. The zero-order valence-electron chi connectivity index (χ0n) is 10.2. The molecule has 1 aromatic heterocycles. The molecule has 0 saturated heterocycles. The summed E-state index contributed by atoms with van der Waals surface area (Å²) >= 11 is 0. The SMILES string of the molecule is CCc1cccc2ccn(CCOCCO)c12. The summed E-state index contributed by atoms with van der Waals surface area (Å²) in [6.45, 7) is 4.16. The molecule has 0 aliphatic carbocycles. The lowest BCUT2D eigenvalue weighted by Crippen LogP contribution is -2.08. The van der Waals surface area contributed by atoms with Crippen LogP contribution in [0.2, 0.25) is 0 Å². The summed E-state index contributed by atoms with van der Waals surface area (Å²) < 4.78 is 7.54. The molecule has 2 rings (SSSR count). The molecule has 0 fully saturated rings. The van der Waals surface area contributed by atoms with Gasteiger partial charge in [0.15, 0.2) is 0 Å². The van der Waals surface area contributed by atoms with Crippen LogP contribution in [0.3, 0.4) is 0 Å². The Balaban J connectivity index is 2.16. The minimum atomic E-state index is 0.0899. The van der Waals surface area contributed by atoms with Gasteiger partial charge in [0.2, 0.25) is 0 Å². The third-order valence-electron chi connectivity index (χ3n) is 2.97. The monoisotopic (exact) mass is 233 g/mol. The first-order chi connectivity index (χ1) is 8.36. The largest absolute Gasteiger partial charge is 0.394 e. The van der Waals surface area contributed by atoms with Gasteiger partial charge in [0.05, 0.1) is 25.3 Å². The van der Waals surface area contributed by atoms with Crippen molar-refractivity contribution < 1.29 is 9.84 Å². The molecule has 0 amide bonds. The number of fused-ring (bicyclic) bond motifs is 1.